The predicted octanol–water partition coefficient (Wildman–Crippen LogP) is 3.35. The van der Waals surface area contributed by atoms with E-state index < -0.39 is 5.41 Å². The third-order valence-electron chi connectivity index (χ3n) is 4.22. The Hall–Kier alpha value is -2.89. The molecular formula is C19H21N3O3. The molecule has 2 amide bonds. The van der Waals surface area contributed by atoms with Crippen LogP contribution in [0, 0.1) is 0 Å². The molecule has 0 fully saturated rings. The van der Waals surface area contributed by atoms with Gasteiger partial charge in [-0.2, -0.15) is 0 Å². The number of rotatable bonds is 5. The van der Waals surface area contributed by atoms with E-state index >= 15 is 0 Å². The number of anilines is 2. The molecule has 1 aromatic heterocycles. The van der Waals surface area contributed by atoms with Crippen LogP contribution in [-0.2, 0) is 10.2 Å². The number of benzene rings is 1. The summed E-state index contributed by atoms with van der Waals surface area (Å²) in [5.74, 6) is 0.208. The van der Waals surface area contributed by atoms with Crippen molar-refractivity contribution < 1.29 is 14.3 Å². The lowest BCUT2D eigenvalue weighted by atomic mass is 9.86. The minimum atomic E-state index is -0.581. The van der Waals surface area contributed by atoms with Crippen molar-refractivity contribution in [2.75, 3.05) is 17.2 Å². The third-order valence-corrected chi connectivity index (χ3v) is 4.22. The first-order valence-corrected chi connectivity index (χ1v) is 8.28. The molecule has 2 aromatic rings. The van der Waals surface area contributed by atoms with E-state index in [0.717, 1.165) is 12.0 Å². The van der Waals surface area contributed by atoms with Crippen LogP contribution in [0.3, 0.4) is 0 Å². The summed E-state index contributed by atoms with van der Waals surface area (Å²) in [6, 6.07) is 8.71. The van der Waals surface area contributed by atoms with Gasteiger partial charge in [0, 0.05) is 17.3 Å². The first kappa shape index (κ1) is 17.0. The quantitative estimate of drug-likeness (QED) is 0.875. The van der Waals surface area contributed by atoms with Gasteiger partial charge in [-0.3, -0.25) is 9.59 Å². The maximum absolute atomic E-state index is 12.4. The van der Waals surface area contributed by atoms with Crippen LogP contribution in [0.15, 0.2) is 36.5 Å². The summed E-state index contributed by atoms with van der Waals surface area (Å²) in [5.41, 5.74) is 2.06. The highest BCUT2D eigenvalue weighted by molar-refractivity contribution is 6.09. The zero-order valence-electron chi connectivity index (χ0n) is 14.6. The fourth-order valence-corrected chi connectivity index (χ4v) is 2.68. The molecule has 0 saturated carbocycles. The third kappa shape index (κ3) is 3.33. The fraction of sp³-hybridized carbons (Fsp3) is 0.316. The van der Waals surface area contributed by atoms with Crippen LogP contribution in [0.5, 0.6) is 5.88 Å². The molecule has 6 heteroatoms. The lowest BCUT2D eigenvalue weighted by Crippen LogP contribution is -2.26. The Bertz CT molecular complexity index is 813. The highest BCUT2D eigenvalue weighted by atomic mass is 16.5. The summed E-state index contributed by atoms with van der Waals surface area (Å²) in [5, 5.41) is 5.62. The normalized spacial score (nSPS) is 14.6. The predicted molar refractivity (Wildman–Crippen MR) is 96.1 cm³/mol. The second-order valence-corrected chi connectivity index (χ2v) is 6.53. The van der Waals surface area contributed by atoms with E-state index in [-0.39, 0.29) is 11.8 Å². The van der Waals surface area contributed by atoms with Crippen LogP contribution in [-0.4, -0.2) is 23.4 Å². The van der Waals surface area contributed by atoms with Crippen LogP contribution < -0.4 is 15.4 Å². The van der Waals surface area contributed by atoms with E-state index in [9.17, 15) is 9.59 Å². The zero-order chi connectivity index (χ0) is 18.0. The highest BCUT2D eigenvalue weighted by Gasteiger charge is 2.38. The van der Waals surface area contributed by atoms with Gasteiger partial charge >= 0.3 is 0 Å². The van der Waals surface area contributed by atoms with Crippen molar-refractivity contribution in [2.24, 2.45) is 0 Å². The molecule has 2 N–H and O–H groups in total. The van der Waals surface area contributed by atoms with Crippen LogP contribution in [0.1, 0.15) is 43.1 Å². The van der Waals surface area contributed by atoms with Crippen molar-refractivity contribution in [3.63, 3.8) is 0 Å². The molecule has 0 spiro atoms. The first-order valence-electron chi connectivity index (χ1n) is 8.28. The van der Waals surface area contributed by atoms with Crippen LogP contribution in [0.4, 0.5) is 11.4 Å². The molecule has 0 saturated heterocycles. The Balaban J connectivity index is 1.72. The van der Waals surface area contributed by atoms with E-state index in [1.165, 1.54) is 0 Å². The van der Waals surface area contributed by atoms with Crippen molar-refractivity contribution in [3.05, 3.63) is 47.7 Å². The van der Waals surface area contributed by atoms with E-state index in [1.807, 2.05) is 26.8 Å². The number of ether oxygens (including phenoxy) is 1. The summed E-state index contributed by atoms with van der Waals surface area (Å²) >= 11 is 0. The molecule has 1 aromatic carbocycles. The van der Waals surface area contributed by atoms with Gasteiger partial charge in [0.05, 0.1) is 23.9 Å². The van der Waals surface area contributed by atoms with Gasteiger partial charge in [-0.1, -0.05) is 13.0 Å². The Morgan fingerprint density at radius 1 is 1.28 bits per heavy atom. The lowest BCUT2D eigenvalue weighted by molar-refractivity contribution is -0.119. The van der Waals surface area contributed by atoms with Crippen molar-refractivity contribution in [1.29, 1.82) is 0 Å². The second-order valence-electron chi connectivity index (χ2n) is 6.53. The first-order chi connectivity index (χ1) is 11.9. The number of amides is 2. The van der Waals surface area contributed by atoms with Crippen LogP contribution >= 0.6 is 0 Å². The summed E-state index contributed by atoms with van der Waals surface area (Å²) in [6.07, 6.45) is 2.47. The molecule has 3 rings (SSSR count). The van der Waals surface area contributed by atoms with E-state index in [1.54, 1.807) is 30.5 Å². The summed E-state index contributed by atoms with van der Waals surface area (Å²) in [6.45, 7) is 6.36. The smallest absolute Gasteiger partial charge is 0.255 e. The number of nitrogens with one attached hydrogen (secondary N) is 2. The fourth-order valence-electron chi connectivity index (χ4n) is 2.68. The second kappa shape index (κ2) is 6.55. The molecule has 0 unspecified atom stereocenters. The average molecular weight is 339 g/mol. The average Bonchev–Trinajstić information content (AvgIpc) is 2.83. The van der Waals surface area contributed by atoms with Crippen molar-refractivity contribution in [1.82, 2.24) is 4.98 Å². The van der Waals surface area contributed by atoms with Gasteiger partial charge in [-0.25, -0.2) is 4.98 Å². The topological polar surface area (TPSA) is 80.3 Å². The maximum atomic E-state index is 12.4. The summed E-state index contributed by atoms with van der Waals surface area (Å²) in [7, 11) is 0. The summed E-state index contributed by atoms with van der Waals surface area (Å²) < 4.78 is 5.42. The molecule has 0 aliphatic carbocycles. The van der Waals surface area contributed by atoms with Gasteiger partial charge in [-0.05, 0) is 44.0 Å². The molecule has 6 nitrogen and oxygen atoms in total. The van der Waals surface area contributed by atoms with Crippen molar-refractivity contribution in [3.8, 4) is 5.88 Å². The van der Waals surface area contributed by atoms with E-state index in [4.69, 9.17) is 4.74 Å². The SMILES string of the molecule is CCCOc1ccc(NC(=O)c2ccc3c(c2)NC(=O)C3(C)C)cn1. The molecule has 2 heterocycles. The minimum absolute atomic E-state index is 0.0630. The van der Waals surface area contributed by atoms with Gasteiger partial charge in [0.1, 0.15) is 0 Å². The molecule has 130 valence electrons. The molecular weight excluding hydrogens is 318 g/mol. The maximum Gasteiger partial charge on any atom is 0.255 e. The Morgan fingerprint density at radius 2 is 2.08 bits per heavy atom. The summed E-state index contributed by atoms with van der Waals surface area (Å²) in [4.78, 5) is 28.6. The number of hydrogen-bond donors (Lipinski definition) is 2. The minimum Gasteiger partial charge on any atom is -0.478 e. The highest BCUT2D eigenvalue weighted by Crippen LogP contribution is 2.37. The lowest BCUT2D eigenvalue weighted by Gasteiger charge is -2.15. The molecule has 0 atom stereocenters. The van der Waals surface area contributed by atoms with E-state index in [0.29, 0.717) is 29.4 Å². The van der Waals surface area contributed by atoms with Gasteiger partial charge in [0.15, 0.2) is 0 Å². The van der Waals surface area contributed by atoms with Gasteiger partial charge in [0.25, 0.3) is 5.91 Å². The number of carbonyl (C=O) groups excluding carboxylic acids is 2. The number of hydrogen-bond acceptors (Lipinski definition) is 4. The Labute approximate surface area is 146 Å². The number of nitrogens with zero attached hydrogens (tertiary/aromatic N) is 1. The number of pyridine rings is 1. The Kier molecular flexibility index (Phi) is 4.44. The van der Waals surface area contributed by atoms with Crippen LogP contribution in [0.25, 0.3) is 0 Å². The van der Waals surface area contributed by atoms with Crippen molar-refractivity contribution in [2.45, 2.75) is 32.6 Å². The largest absolute Gasteiger partial charge is 0.478 e. The number of carbonyl (C=O) groups is 2. The molecule has 0 radical (unpaired) electrons. The molecule has 1 aliphatic rings. The zero-order valence-corrected chi connectivity index (χ0v) is 14.6. The van der Waals surface area contributed by atoms with Gasteiger partial charge < -0.3 is 15.4 Å². The van der Waals surface area contributed by atoms with E-state index in [2.05, 4.69) is 15.6 Å². The van der Waals surface area contributed by atoms with Crippen LogP contribution in [0.2, 0.25) is 0 Å². The molecule has 1 aliphatic heterocycles. The molecule has 25 heavy (non-hydrogen) atoms. The Morgan fingerprint density at radius 3 is 2.76 bits per heavy atom. The standard InChI is InChI=1S/C19H21N3O3/c1-4-9-25-16-8-6-13(11-20-16)21-17(23)12-5-7-14-15(10-12)22-18(24)19(14,2)3/h5-8,10-11H,4,9H2,1-3H3,(H,21,23)(H,22,24). The molecule has 0 bridgehead atoms. The van der Waals surface area contributed by atoms with Gasteiger partial charge in [0.2, 0.25) is 11.8 Å². The number of fused-ring (bicyclic) bond motifs is 1. The van der Waals surface area contributed by atoms with Crippen molar-refractivity contribution >= 4 is 23.2 Å². The monoisotopic (exact) mass is 339 g/mol. The number of aromatic nitrogens is 1. The van der Waals surface area contributed by atoms with Gasteiger partial charge in [-0.15, -0.1) is 0 Å².